The molecule has 0 spiro atoms. The Labute approximate surface area is 284 Å². The number of Topliss-reactive ketones (excluding diaryl/α,β-unsaturated/α-hetero) is 1. The van der Waals surface area contributed by atoms with Crippen molar-refractivity contribution in [2.75, 3.05) is 34.3 Å². The minimum absolute atomic E-state index is 0.0272. The number of rotatable bonds is 34. The van der Waals surface area contributed by atoms with Crippen molar-refractivity contribution in [3.63, 3.8) is 0 Å². The largest absolute Gasteiger partial charge is 0.825 e. The SMILES string of the molecule is CCCCCCCCC=CCCCCCCC(C(=O)C(C)CCCCCCCCCCCCCC)C([O-])=POCC[N+](C)(C)C. The van der Waals surface area contributed by atoms with Gasteiger partial charge in [0.25, 0.3) is 0 Å². The van der Waals surface area contributed by atoms with Crippen LogP contribution in [-0.2, 0) is 9.32 Å². The molecule has 0 amide bonds. The van der Waals surface area contributed by atoms with E-state index in [0.717, 1.165) is 43.1 Å². The second kappa shape index (κ2) is 32.0. The van der Waals surface area contributed by atoms with Gasteiger partial charge < -0.3 is 14.1 Å². The minimum atomic E-state index is -0.500. The van der Waals surface area contributed by atoms with Crippen molar-refractivity contribution in [1.82, 2.24) is 0 Å². The van der Waals surface area contributed by atoms with Crippen molar-refractivity contribution < 1.29 is 18.9 Å². The van der Waals surface area contributed by atoms with Gasteiger partial charge in [0, 0.05) is 20.3 Å². The van der Waals surface area contributed by atoms with E-state index in [1.165, 1.54) is 128 Å². The average molecular weight is 652 g/mol. The molecule has 0 aromatic carbocycles. The summed E-state index contributed by atoms with van der Waals surface area (Å²) in [5.74, 6) is -0.385. The minimum Gasteiger partial charge on any atom is -0.825 e. The fourth-order valence-electron chi connectivity index (χ4n) is 5.89. The fourth-order valence-corrected chi connectivity index (χ4v) is 6.58. The van der Waals surface area contributed by atoms with E-state index >= 15 is 0 Å². The predicted molar refractivity (Wildman–Crippen MR) is 199 cm³/mol. The predicted octanol–water partition coefficient (Wildman–Crippen LogP) is 11.6. The summed E-state index contributed by atoms with van der Waals surface area (Å²) in [4.78, 5) is 13.5. The number of likely N-dealkylation sites (N-methyl/N-ethyl adjacent to an activating group) is 1. The zero-order chi connectivity index (χ0) is 33.4. The number of nitrogens with zero attached hydrogens (tertiary/aromatic N) is 1. The van der Waals surface area contributed by atoms with Crippen molar-refractivity contribution in [2.45, 2.75) is 188 Å². The van der Waals surface area contributed by atoms with Crippen molar-refractivity contribution in [3.8, 4) is 0 Å². The molecule has 5 heteroatoms. The highest BCUT2D eigenvalue weighted by Crippen LogP contribution is 2.23. The van der Waals surface area contributed by atoms with Crippen LogP contribution in [0.25, 0.3) is 0 Å². The molecule has 0 fully saturated rings. The molecule has 2 unspecified atom stereocenters. The number of hydrogen-bond donors (Lipinski definition) is 0. The molecule has 0 aliphatic carbocycles. The van der Waals surface area contributed by atoms with Crippen molar-refractivity contribution in [2.24, 2.45) is 11.8 Å². The Morgan fingerprint density at radius 1 is 0.644 bits per heavy atom. The highest BCUT2D eigenvalue weighted by molar-refractivity contribution is 7.34. The van der Waals surface area contributed by atoms with Crippen LogP contribution in [0.5, 0.6) is 0 Å². The lowest BCUT2D eigenvalue weighted by Gasteiger charge is -2.26. The molecule has 45 heavy (non-hydrogen) atoms. The maximum atomic E-state index is 13.5. The highest BCUT2D eigenvalue weighted by Gasteiger charge is 2.23. The van der Waals surface area contributed by atoms with Crippen LogP contribution in [0.4, 0.5) is 0 Å². The van der Waals surface area contributed by atoms with Crippen molar-refractivity contribution in [1.29, 1.82) is 0 Å². The molecule has 0 aromatic heterocycles. The Bertz CT molecular complexity index is 715. The van der Waals surface area contributed by atoms with Crippen LogP contribution in [0.15, 0.2) is 12.2 Å². The zero-order valence-electron chi connectivity index (χ0n) is 31.2. The smallest absolute Gasteiger partial charge is 0.141 e. The van der Waals surface area contributed by atoms with Gasteiger partial charge in [-0.25, -0.2) is 0 Å². The normalized spacial score (nSPS) is 14.0. The number of unbranched alkanes of at least 4 members (excludes halogenated alkanes) is 21. The Kier molecular flexibility index (Phi) is 31.6. The second-order valence-electron chi connectivity index (χ2n) is 14.8. The summed E-state index contributed by atoms with van der Waals surface area (Å²) in [5, 5.41) is 13.2. The number of carbonyl (C=O) groups excluding carboxylic acids is 1. The van der Waals surface area contributed by atoms with Crippen molar-refractivity contribution in [3.05, 3.63) is 12.2 Å². The quantitative estimate of drug-likeness (QED) is 0.0301. The van der Waals surface area contributed by atoms with Gasteiger partial charge in [0.2, 0.25) is 0 Å². The van der Waals surface area contributed by atoms with Gasteiger partial charge in [-0.2, -0.15) is 0 Å². The molecule has 0 rings (SSSR count). The monoisotopic (exact) mass is 652 g/mol. The molecule has 0 bridgehead atoms. The molecule has 0 aliphatic rings. The highest BCUT2D eigenvalue weighted by atomic mass is 31.1. The van der Waals surface area contributed by atoms with E-state index in [-0.39, 0.29) is 17.2 Å². The van der Waals surface area contributed by atoms with Gasteiger partial charge in [-0.1, -0.05) is 161 Å². The first-order chi connectivity index (χ1) is 21.7. The van der Waals surface area contributed by atoms with Gasteiger partial charge in [0.05, 0.1) is 21.1 Å². The third-order valence-corrected chi connectivity index (χ3v) is 9.93. The van der Waals surface area contributed by atoms with E-state index in [2.05, 4.69) is 47.1 Å². The van der Waals surface area contributed by atoms with Crippen LogP contribution >= 0.6 is 8.43 Å². The lowest BCUT2D eigenvalue weighted by atomic mass is 9.87. The topological polar surface area (TPSA) is 49.4 Å². The van der Waals surface area contributed by atoms with Crippen LogP contribution in [0.2, 0.25) is 0 Å². The van der Waals surface area contributed by atoms with E-state index in [9.17, 15) is 9.90 Å². The molecule has 266 valence electrons. The summed E-state index contributed by atoms with van der Waals surface area (Å²) in [6.07, 6.45) is 37.1. The summed E-state index contributed by atoms with van der Waals surface area (Å²) >= 11 is 0. The number of ketones is 1. The van der Waals surface area contributed by atoms with E-state index in [4.69, 9.17) is 4.52 Å². The first-order valence-corrected chi connectivity index (χ1v) is 20.4. The zero-order valence-corrected chi connectivity index (χ0v) is 32.1. The summed E-state index contributed by atoms with van der Waals surface area (Å²) < 4.78 is 6.53. The molecule has 0 saturated carbocycles. The van der Waals surface area contributed by atoms with E-state index in [1.54, 1.807) is 0 Å². The van der Waals surface area contributed by atoms with Gasteiger partial charge in [-0.3, -0.25) is 4.79 Å². The lowest BCUT2D eigenvalue weighted by Crippen LogP contribution is -2.37. The summed E-state index contributed by atoms with van der Waals surface area (Å²) in [6.45, 7) is 7.98. The van der Waals surface area contributed by atoms with Gasteiger partial charge in [0.1, 0.15) is 18.9 Å². The summed E-state index contributed by atoms with van der Waals surface area (Å²) in [7, 11) is 6.72. The van der Waals surface area contributed by atoms with Crippen LogP contribution in [0.1, 0.15) is 188 Å². The molecular formula is C40H78NO3P. The van der Waals surface area contributed by atoms with Gasteiger partial charge >= 0.3 is 0 Å². The van der Waals surface area contributed by atoms with Crippen LogP contribution in [0.3, 0.4) is 0 Å². The first kappa shape index (κ1) is 44.5. The maximum Gasteiger partial charge on any atom is 0.141 e. The number of carbonyl (C=O) groups is 1. The Balaban J connectivity index is 4.42. The van der Waals surface area contributed by atoms with Gasteiger partial charge in [0.15, 0.2) is 0 Å². The summed E-state index contributed by atoms with van der Waals surface area (Å²) in [5.41, 5.74) is -0.0272. The molecule has 2 atom stereocenters. The number of allylic oxidation sites excluding steroid dienone is 2. The van der Waals surface area contributed by atoms with Crippen LogP contribution < -0.4 is 5.11 Å². The standard InChI is InChI=1S/C40H78NO3P/c1-7-9-11-13-15-17-19-21-22-24-26-28-30-32-34-38(40(43)45-44-36-35-41(4,5)6)39(42)37(3)33-31-29-27-25-23-20-18-16-14-12-10-8-2/h21-22,37-38H,7-20,23-36H2,1-6H3. The molecule has 0 heterocycles. The first-order valence-electron chi connectivity index (χ1n) is 19.6. The molecule has 4 nitrogen and oxygen atoms in total. The fraction of sp³-hybridized carbons (Fsp3) is 0.900. The lowest BCUT2D eigenvalue weighted by molar-refractivity contribution is -0.870. The van der Waals surface area contributed by atoms with E-state index in [0.29, 0.717) is 21.5 Å². The van der Waals surface area contributed by atoms with Gasteiger partial charge in [-0.05, 0) is 38.5 Å². The third kappa shape index (κ3) is 30.5. The van der Waals surface area contributed by atoms with Crippen LogP contribution in [-0.4, -0.2) is 50.0 Å². The molecule has 0 aliphatic heterocycles. The second-order valence-corrected chi connectivity index (χ2v) is 15.7. The Hall–Kier alpha value is -0.540. The molecule has 0 radical (unpaired) electrons. The number of quaternary nitrogens is 1. The van der Waals surface area contributed by atoms with Crippen LogP contribution in [0, 0.1) is 11.8 Å². The van der Waals surface area contributed by atoms with Gasteiger partial charge in [-0.15, -0.1) is 5.48 Å². The molecular weight excluding hydrogens is 573 g/mol. The molecule has 0 N–H and O–H groups in total. The third-order valence-electron chi connectivity index (χ3n) is 9.13. The van der Waals surface area contributed by atoms with E-state index < -0.39 is 5.92 Å². The average Bonchev–Trinajstić information content (AvgIpc) is 3.00. The van der Waals surface area contributed by atoms with E-state index in [1.807, 2.05) is 6.92 Å². The molecule has 0 aromatic rings. The summed E-state index contributed by atoms with van der Waals surface area (Å²) in [6, 6.07) is 0. The maximum absolute atomic E-state index is 13.5. The van der Waals surface area contributed by atoms with Crippen molar-refractivity contribution >= 4 is 19.7 Å². The Morgan fingerprint density at radius 3 is 1.49 bits per heavy atom. The number of hydrogen-bond acceptors (Lipinski definition) is 3. The molecule has 0 saturated heterocycles. The Morgan fingerprint density at radius 2 is 1.04 bits per heavy atom.